The number of carbonyl (C=O) groups is 2. The van der Waals surface area contributed by atoms with Crippen molar-refractivity contribution in [2.24, 2.45) is 0 Å². The number of hydrogen-bond acceptors (Lipinski definition) is 3. The van der Waals surface area contributed by atoms with Crippen LogP contribution in [-0.4, -0.2) is 24.5 Å². The first-order chi connectivity index (χ1) is 12.4. The minimum Gasteiger partial charge on any atom is -0.479 e. The Hall–Kier alpha value is -2.24. The molecule has 0 radical (unpaired) electrons. The van der Waals surface area contributed by atoms with Gasteiger partial charge in [-0.1, -0.05) is 48.3 Å². The molecule has 0 spiro atoms. The summed E-state index contributed by atoms with van der Waals surface area (Å²) in [5.74, 6) is -0.383. The normalized spacial score (nSPS) is 11.5. The lowest BCUT2D eigenvalue weighted by molar-refractivity contribution is -0.129. The number of nitrogens with one attached hydrogen (secondary N) is 2. The van der Waals surface area contributed by atoms with Crippen molar-refractivity contribution < 1.29 is 14.3 Å². The Morgan fingerprint density at radius 1 is 1.15 bits per heavy atom. The fourth-order valence-corrected chi connectivity index (χ4v) is 2.72. The quantitative estimate of drug-likeness (QED) is 0.743. The Morgan fingerprint density at radius 3 is 2.58 bits per heavy atom. The third kappa shape index (κ3) is 5.64. The minimum absolute atomic E-state index is 0.154. The van der Waals surface area contributed by atoms with Crippen molar-refractivity contribution in [1.82, 2.24) is 5.32 Å². The van der Waals surface area contributed by atoms with Crippen LogP contribution in [0.1, 0.15) is 19.4 Å². The molecule has 2 aromatic rings. The predicted octanol–water partition coefficient (Wildman–Crippen LogP) is 4.08. The number of aryl methyl sites for hydroxylation is 1. The fourth-order valence-electron chi connectivity index (χ4n) is 2.27. The van der Waals surface area contributed by atoms with Crippen molar-refractivity contribution in [2.75, 3.05) is 11.9 Å². The summed E-state index contributed by atoms with van der Waals surface area (Å²) in [5.41, 5.74) is 1.77. The van der Waals surface area contributed by atoms with Crippen LogP contribution < -0.4 is 15.4 Å². The molecule has 0 bridgehead atoms. The van der Waals surface area contributed by atoms with Crippen molar-refractivity contribution in [1.29, 1.82) is 0 Å². The highest BCUT2D eigenvalue weighted by molar-refractivity contribution is 6.35. The van der Waals surface area contributed by atoms with E-state index in [2.05, 4.69) is 10.6 Å². The smallest absolute Gasteiger partial charge is 0.261 e. The van der Waals surface area contributed by atoms with E-state index in [0.717, 1.165) is 17.7 Å². The topological polar surface area (TPSA) is 67.4 Å². The largest absolute Gasteiger partial charge is 0.479 e. The first kappa shape index (κ1) is 20.1. The van der Waals surface area contributed by atoms with E-state index in [1.54, 1.807) is 19.1 Å². The molecule has 2 N–H and O–H groups in total. The molecule has 7 heteroatoms. The molecule has 2 rings (SSSR count). The van der Waals surface area contributed by atoms with Gasteiger partial charge in [-0.25, -0.2) is 0 Å². The highest BCUT2D eigenvalue weighted by Gasteiger charge is 2.17. The lowest BCUT2D eigenvalue weighted by Gasteiger charge is -2.16. The first-order valence-electron chi connectivity index (χ1n) is 8.18. The predicted molar refractivity (Wildman–Crippen MR) is 104 cm³/mol. The van der Waals surface area contributed by atoms with Crippen LogP contribution in [0, 0.1) is 0 Å². The molecule has 26 heavy (non-hydrogen) atoms. The van der Waals surface area contributed by atoms with Gasteiger partial charge in [-0.15, -0.1) is 0 Å². The van der Waals surface area contributed by atoms with Crippen LogP contribution in [0.25, 0.3) is 0 Å². The summed E-state index contributed by atoms with van der Waals surface area (Å²) < 4.78 is 5.51. The van der Waals surface area contributed by atoms with Gasteiger partial charge in [-0.05, 0) is 43.2 Å². The average Bonchev–Trinajstić information content (AvgIpc) is 2.62. The van der Waals surface area contributed by atoms with E-state index in [4.69, 9.17) is 27.9 Å². The first-order valence-corrected chi connectivity index (χ1v) is 8.93. The molecule has 0 aliphatic heterocycles. The second kappa shape index (κ2) is 9.46. The van der Waals surface area contributed by atoms with E-state index in [0.29, 0.717) is 15.8 Å². The zero-order valence-corrected chi connectivity index (χ0v) is 16.0. The van der Waals surface area contributed by atoms with Crippen molar-refractivity contribution in [2.45, 2.75) is 26.4 Å². The van der Waals surface area contributed by atoms with Gasteiger partial charge in [0.15, 0.2) is 6.10 Å². The van der Waals surface area contributed by atoms with Crippen molar-refractivity contribution >= 4 is 40.7 Å². The van der Waals surface area contributed by atoms with Gasteiger partial charge in [-0.3, -0.25) is 9.59 Å². The van der Waals surface area contributed by atoms with Crippen LogP contribution >= 0.6 is 23.2 Å². The number of halogens is 2. The summed E-state index contributed by atoms with van der Waals surface area (Å²) in [4.78, 5) is 24.2. The number of para-hydroxylation sites is 1. The summed E-state index contributed by atoms with van der Waals surface area (Å²) in [7, 11) is 0. The maximum Gasteiger partial charge on any atom is 0.261 e. The summed E-state index contributed by atoms with van der Waals surface area (Å²) >= 11 is 11.8. The van der Waals surface area contributed by atoms with Crippen LogP contribution in [0.2, 0.25) is 10.0 Å². The molecule has 0 fully saturated rings. The Balaban J connectivity index is 1.86. The van der Waals surface area contributed by atoms with Crippen molar-refractivity contribution in [3.05, 3.63) is 58.1 Å². The number of carbonyl (C=O) groups excluding carboxylic acids is 2. The highest BCUT2D eigenvalue weighted by Crippen LogP contribution is 2.28. The summed E-state index contributed by atoms with van der Waals surface area (Å²) in [5, 5.41) is 6.12. The number of benzene rings is 2. The van der Waals surface area contributed by atoms with E-state index in [-0.39, 0.29) is 12.5 Å². The zero-order valence-electron chi connectivity index (χ0n) is 14.5. The second-order valence-corrected chi connectivity index (χ2v) is 6.46. The van der Waals surface area contributed by atoms with E-state index in [9.17, 15) is 9.59 Å². The van der Waals surface area contributed by atoms with Gasteiger partial charge in [0.05, 0.1) is 11.6 Å². The van der Waals surface area contributed by atoms with Crippen LogP contribution in [0.5, 0.6) is 5.75 Å². The molecule has 1 unspecified atom stereocenters. The molecule has 0 saturated carbocycles. The van der Waals surface area contributed by atoms with Crippen LogP contribution in [-0.2, 0) is 16.0 Å². The monoisotopic (exact) mass is 394 g/mol. The minimum atomic E-state index is -0.815. The molecule has 2 aromatic carbocycles. The number of ether oxygens (including phenoxy) is 1. The van der Waals surface area contributed by atoms with Gasteiger partial charge in [0, 0.05) is 10.7 Å². The van der Waals surface area contributed by atoms with Gasteiger partial charge in [0.2, 0.25) is 5.91 Å². The van der Waals surface area contributed by atoms with Gasteiger partial charge < -0.3 is 15.4 Å². The molecular formula is C19H20Cl2N2O3. The molecule has 138 valence electrons. The summed E-state index contributed by atoms with van der Waals surface area (Å²) in [6.45, 7) is 3.43. The zero-order chi connectivity index (χ0) is 19.1. The molecule has 2 amide bonds. The van der Waals surface area contributed by atoms with Crippen LogP contribution in [0.3, 0.4) is 0 Å². The summed E-state index contributed by atoms with van der Waals surface area (Å²) in [6, 6.07) is 12.3. The number of rotatable bonds is 7. The second-order valence-electron chi connectivity index (χ2n) is 5.61. The maximum atomic E-state index is 12.1. The number of hydrogen-bond donors (Lipinski definition) is 2. The van der Waals surface area contributed by atoms with E-state index >= 15 is 0 Å². The van der Waals surface area contributed by atoms with Crippen molar-refractivity contribution in [3.63, 3.8) is 0 Å². The highest BCUT2D eigenvalue weighted by atomic mass is 35.5. The fraction of sp³-hybridized carbons (Fsp3) is 0.263. The number of anilines is 1. The van der Waals surface area contributed by atoms with Gasteiger partial charge in [0.25, 0.3) is 5.91 Å². The Bertz CT molecular complexity index is 796. The lowest BCUT2D eigenvalue weighted by Crippen LogP contribution is -2.40. The Labute approximate surface area is 162 Å². The molecule has 1 atom stereocenters. The van der Waals surface area contributed by atoms with Crippen LogP contribution in [0.4, 0.5) is 5.69 Å². The molecule has 0 aliphatic carbocycles. The van der Waals surface area contributed by atoms with E-state index in [1.807, 2.05) is 31.2 Å². The lowest BCUT2D eigenvalue weighted by atomic mass is 10.1. The average molecular weight is 395 g/mol. The third-order valence-electron chi connectivity index (χ3n) is 3.66. The SMILES string of the molecule is CCc1ccccc1NC(=O)CNC(=O)C(C)Oc1ccc(Cl)cc1Cl. The van der Waals surface area contributed by atoms with E-state index in [1.165, 1.54) is 6.07 Å². The molecule has 0 aliphatic rings. The molecule has 0 aromatic heterocycles. The third-order valence-corrected chi connectivity index (χ3v) is 4.19. The molecule has 0 heterocycles. The van der Waals surface area contributed by atoms with Crippen molar-refractivity contribution in [3.8, 4) is 5.75 Å². The van der Waals surface area contributed by atoms with Crippen LogP contribution in [0.15, 0.2) is 42.5 Å². The summed E-state index contributed by atoms with van der Waals surface area (Å²) in [6.07, 6.45) is -0.0142. The van der Waals surface area contributed by atoms with Gasteiger partial charge in [-0.2, -0.15) is 0 Å². The molecular weight excluding hydrogens is 375 g/mol. The van der Waals surface area contributed by atoms with E-state index < -0.39 is 12.0 Å². The molecule has 0 saturated heterocycles. The standard InChI is InChI=1S/C19H20Cl2N2O3/c1-3-13-6-4-5-7-16(13)23-18(24)11-22-19(25)12(2)26-17-9-8-14(20)10-15(17)21/h4-10,12H,3,11H2,1-2H3,(H,22,25)(H,23,24). The Morgan fingerprint density at radius 2 is 1.88 bits per heavy atom. The Kier molecular flexibility index (Phi) is 7.30. The molecule has 5 nitrogen and oxygen atoms in total. The maximum absolute atomic E-state index is 12.1. The van der Waals surface area contributed by atoms with Gasteiger partial charge in [0.1, 0.15) is 5.75 Å². The number of amides is 2. The van der Waals surface area contributed by atoms with Gasteiger partial charge >= 0.3 is 0 Å².